The molecule has 1 heteroatoms. The van der Waals surface area contributed by atoms with Crippen LogP contribution in [0, 0.1) is 11.8 Å². The molecule has 1 nitrogen and oxygen atoms in total. The van der Waals surface area contributed by atoms with Crippen LogP contribution >= 0.6 is 0 Å². The highest BCUT2D eigenvalue weighted by Crippen LogP contribution is 2.22. The number of hydrogen-bond acceptors (Lipinski definition) is 1. The second-order valence-corrected chi connectivity index (χ2v) is 3.38. The van der Waals surface area contributed by atoms with Gasteiger partial charge in [-0.05, 0) is 32.1 Å². The van der Waals surface area contributed by atoms with E-state index < -0.39 is 0 Å². The number of rotatable bonds is 2. The summed E-state index contributed by atoms with van der Waals surface area (Å²) in [5.41, 5.74) is 2.03. The number of hydrogen-bond donors (Lipinski definition) is 0. The van der Waals surface area contributed by atoms with Crippen molar-refractivity contribution in [1.29, 1.82) is 0 Å². The van der Waals surface area contributed by atoms with Crippen LogP contribution in [0.15, 0.2) is 11.1 Å². The predicted molar refractivity (Wildman–Crippen MR) is 54.2 cm³/mol. The minimum atomic E-state index is 0.930. The largest absolute Gasteiger partial charge is 0.298 e. The zero-order chi connectivity index (χ0) is 9.52. The Bertz CT molecular complexity index is 263. The molecule has 13 heavy (non-hydrogen) atoms. The van der Waals surface area contributed by atoms with E-state index in [1.807, 2.05) is 0 Å². The van der Waals surface area contributed by atoms with Gasteiger partial charge in [0.25, 0.3) is 0 Å². The molecule has 1 aliphatic carbocycles. The van der Waals surface area contributed by atoms with Gasteiger partial charge in [0, 0.05) is 17.6 Å². The molecule has 70 valence electrons. The minimum absolute atomic E-state index is 0.930. The van der Waals surface area contributed by atoms with E-state index >= 15 is 0 Å². The van der Waals surface area contributed by atoms with Gasteiger partial charge in [0.1, 0.15) is 6.29 Å². The van der Waals surface area contributed by atoms with Gasteiger partial charge >= 0.3 is 0 Å². The molecule has 0 heterocycles. The lowest BCUT2D eigenvalue weighted by Crippen LogP contribution is -1.99. The number of aldehydes is 1. The molecule has 0 spiro atoms. The van der Waals surface area contributed by atoms with Crippen molar-refractivity contribution in [2.75, 3.05) is 0 Å². The SMILES string of the molecule is CCCC#CC1=C(C=O)CCCC1. The molecular formula is C12H16O. The normalized spacial score (nSPS) is 16.4. The molecule has 0 amide bonds. The second kappa shape index (κ2) is 5.59. The van der Waals surface area contributed by atoms with E-state index in [9.17, 15) is 4.79 Å². The van der Waals surface area contributed by atoms with Crippen LogP contribution in [0.25, 0.3) is 0 Å². The van der Waals surface area contributed by atoms with E-state index in [2.05, 4.69) is 18.8 Å². The maximum absolute atomic E-state index is 10.7. The first kappa shape index (κ1) is 10.1. The molecule has 0 unspecified atom stereocenters. The summed E-state index contributed by atoms with van der Waals surface area (Å²) in [6.45, 7) is 2.12. The molecule has 0 bridgehead atoms. The quantitative estimate of drug-likeness (QED) is 0.467. The monoisotopic (exact) mass is 176 g/mol. The Balaban J connectivity index is 2.69. The highest BCUT2D eigenvalue weighted by Gasteiger charge is 2.09. The summed E-state index contributed by atoms with van der Waals surface area (Å²) in [4.78, 5) is 10.7. The molecular weight excluding hydrogens is 160 g/mol. The van der Waals surface area contributed by atoms with Crippen molar-refractivity contribution < 1.29 is 4.79 Å². The van der Waals surface area contributed by atoms with Gasteiger partial charge in [-0.2, -0.15) is 0 Å². The fourth-order valence-electron chi connectivity index (χ4n) is 1.50. The van der Waals surface area contributed by atoms with E-state index in [-0.39, 0.29) is 0 Å². The Morgan fingerprint density at radius 3 is 2.85 bits per heavy atom. The molecule has 0 saturated carbocycles. The molecule has 0 fully saturated rings. The van der Waals surface area contributed by atoms with Gasteiger partial charge in [-0.3, -0.25) is 4.79 Å². The molecule has 0 radical (unpaired) electrons. The number of carbonyl (C=O) groups excluding carboxylic acids is 1. The van der Waals surface area contributed by atoms with Crippen molar-refractivity contribution in [1.82, 2.24) is 0 Å². The smallest absolute Gasteiger partial charge is 0.146 e. The Morgan fingerprint density at radius 2 is 2.15 bits per heavy atom. The van der Waals surface area contributed by atoms with E-state index in [0.29, 0.717) is 0 Å². The molecule has 1 aliphatic rings. The molecule has 0 atom stereocenters. The molecule has 0 aliphatic heterocycles. The topological polar surface area (TPSA) is 17.1 Å². The van der Waals surface area contributed by atoms with Crippen LogP contribution < -0.4 is 0 Å². The standard InChI is InChI=1S/C12H16O/c1-2-3-4-7-11-8-5-6-9-12(11)10-13/h10H,2-3,5-6,8-9H2,1H3. The average Bonchev–Trinajstić information content (AvgIpc) is 2.19. The Labute approximate surface area is 80.2 Å². The fraction of sp³-hybridized carbons (Fsp3) is 0.583. The van der Waals surface area contributed by atoms with Crippen LogP contribution in [0.4, 0.5) is 0 Å². The minimum Gasteiger partial charge on any atom is -0.298 e. The first-order chi connectivity index (χ1) is 6.38. The zero-order valence-corrected chi connectivity index (χ0v) is 8.23. The van der Waals surface area contributed by atoms with Gasteiger partial charge < -0.3 is 0 Å². The highest BCUT2D eigenvalue weighted by atomic mass is 16.1. The maximum Gasteiger partial charge on any atom is 0.146 e. The molecule has 1 rings (SSSR count). The summed E-state index contributed by atoms with van der Waals surface area (Å²) in [5, 5.41) is 0. The third kappa shape index (κ3) is 3.06. The lowest BCUT2D eigenvalue weighted by molar-refractivity contribution is -0.105. The molecule has 0 aromatic heterocycles. The van der Waals surface area contributed by atoms with Gasteiger partial charge in [0.05, 0.1) is 0 Å². The number of carbonyl (C=O) groups is 1. The first-order valence-corrected chi connectivity index (χ1v) is 5.04. The summed E-state index contributed by atoms with van der Waals surface area (Å²) < 4.78 is 0. The van der Waals surface area contributed by atoms with E-state index in [0.717, 1.165) is 49.5 Å². The highest BCUT2D eigenvalue weighted by molar-refractivity contribution is 5.76. The molecule has 0 saturated heterocycles. The summed E-state index contributed by atoms with van der Waals surface area (Å²) in [6.07, 6.45) is 7.28. The molecule has 0 aromatic carbocycles. The van der Waals surface area contributed by atoms with Crippen molar-refractivity contribution in [3.8, 4) is 11.8 Å². The number of unbranched alkanes of at least 4 members (excludes halogenated alkanes) is 1. The van der Waals surface area contributed by atoms with Crippen molar-refractivity contribution in [2.45, 2.75) is 45.4 Å². The summed E-state index contributed by atoms with van der Waals surface area (Å²) >= 11 is 0. The van der Waals surface area contributed by atoms with Crippen LogP contribution in [0.5, 0.6) is 0 Å². The van der Waals surface area contributed by atoms with Crippen molar-refractivity contribution in [3.05, 3.63) is 11.1 Å². The molecule has 0 aromatic rings. The average molecular weight is 176 g/mol. The van der Waals surface area contributed by atoms with Crippen molar-refractivity contribution in [3.63, 3.8) is 0 Å². The van der Waals surface area contributed by atoms with Gasteiger partial charge in [-0.1, -0.05) is 18.8 Å². The lowest BCUT2D eigenvalue weighted by atomic mass is 9.93. The van der Waals surface area contributed by atoms with Crippen LogP contribution in [-0.2, 0) is 4.79 Å². The maximum atomic E-state index is 10.7. The Kier molecular flexibility index (Phi) is 4.32. The van der Waals surface area contributed by atoms with Gasteiger partial charge in [0.2, 0.25) is 0 Å². The summed E-state index contributed by atoms with van der Waals surface area (Å²) in [5.74, 6) is 6.22. The van der Waals surface area contributed by atoms with Crippen molar-refractivity contribution >= 4 is 6.29 Å². The van der Waals surface area contributed by atoms with E-state index in [4.69, 9.17) is 0 Å². The fourth-order valence-corrected chi connectivity index (χ4v) is 1.50. The summed E-state index contributed by atoms with van der Waals surface area (Å²) in [7, 11) is 0. The van der Waals surface area contributed by atoms with Gasteiger partial charge in [0.15, 0.2) is 0 Å². The molecule has 0 N–H and O–H groups in total. The Morgan fingerprint density at radius 1 is 1.38 bits per heavy atom. The second-order valence-electron chi connectivity index (χ2n) is 3.38. The third-order valence-electron chi connectivity index (χ3n) is 2.27. The van der Waals surface area contributed by atoms with E-state index in [1.54, 1.807) is 0 Å². The third-order valence-corrected chi connectivity index (χ3v) is 2.27. The van der Waals surface area contributed by atoms with Gasteiger partial charge in [-0.25, -0.2) is 0 Å². The first-order valence-electron chi connectivity index (χ1n) is 5.04. The number of allylic oxidation sites excluding steroid dienone is 2. The van der Waals surface area contributed by atoms with E-state index in [1.165, 1.54) is 6.42 Å². The van der Waals surface area contributed by atoms with Crippen LogP contribution in [-0.4, -0.2) is 6.29 Å². The summed E-state index contributed by atoms with van der Waals surface area (Å²) in [6, 6.07) is 0. The lowest BCUT2D eigenvalue weighted by Gasteiger charge is -2.11. The zero-order valence-electron chi connectivity index (χ0n) is 8.23. The van der Waals surface area contributed by atoms with Crippen LogP contribution in [0.2, 0.25) is 0 Å². The van der Waals surface area contributed by atoms with Crippen LogP contribution in [0.3, 0.4) is 0 Å². The van der Waals surface area contributed by atoms with Crippen molar-refractivity contribution in [2.24, 2.45) is 0 Å². The van der Waals surface area contributed by atoms with Gasteiger partial charge in [-0.15, -0.1) is 0 Å². The predicted octanol–water partition coefficient (Wildman–Crippen LogP) is 2.86. The van der Waals surface area contributed by atoms with Crippen LogP contribution in [0.1, 0.15) is 45.4 Å². The Hall–Kier alpha value is -1.03.